The molecule has 0 aliphatic rings. The van der Waals surface area contributed by atoms with Gasteiger partial charge in [-0.3, -0.25) is 4.79 Å². The van der Waals surface area contributed by atoms with Gasteiger partial charge in [-0.2, -0.15) is 0 Å². The van der Waals surface area contributed by atoms with Crippen LogP contribution < -0.4 is 11.1 Å². The number of anilines is 2. The van der Waals surface area contributed by atoms with Gasteiger partial charge in [-0.15, -0.1) is 0 Å². The molecule has 0 atom stereocenters. The quantitative estimate of drug-likeness (QED) is 0.807. The van der Waals surface area contributed by atoms with Gasteiger partial charge in [0.25, 0.3) is 0 Å². The second-order valence-corrected chi connectivity index (χ2v) is 3.39. The van der Waals surface area contributed by atoms with Crippen molar-refractivity contribution in [3.05, 3.63) is 42.9 Å². The molecule has 3 N–H and O–H groups in total. The molecule has 0 unspecified atom stereocenters. The van der Waals surface area contributed by atoms with Gasteiger partial charge in [-0.05, 0) is 12.1 Å². The van der Waals surface area contributed by atoms with Crippen LogP contribution >= 0.6 is 0 Å². The molecule has 82 valence electrons. The zero-order valence-electron chi connectivity index (χ0n) is 8.63. The van der Waals surface area contributed by atoms with Crippen LogP contribution in [0, 0.1) is 0 Å². The molecule has 0 fully saturated rings. The van der Waals surface area contributed by atoms with E-state index in [1.165, 1.54) is 6.33 Å². The summed E-state index contributed by atoms with van der Waals surface area (Å²) < 4.78 is 1.63. The summed E-state index contributed by atoms with van der Waals surface area (Å²) in [5, 5.41) is 2.77. The van der Waals surface area contributed by atoms with Gasteiger partial charge in [0, 0.05) is 11.9 Å². The lowest BCUT2D eigenvalue weighted by atomic mass is 10.3. The summed E-state index contributed by atoms with van der Waals surface area (Å²) in [5.74, 6) is 0.302. The standard InChI is InChI=1S/C11H12N4O/c12-10-6-15(8-13-10)7-11(16)14-9-4-2-1-3-5-9/h1-6,8H,7,12H2,(H,14,16). The molecule has 1 heterocycles. The first-order chi connectivity index (χ1) is 7.74. The van der Waals surface area contributed by atoms with E-state index in [4.69, 9.17) is 5.73 Å². The molecule has 5 nitrogen and oxygen atoms in total. The summed E-state index contributed by atoms with van der Waals surface area (Å²) in [7, 11) is 0. The number of para-hydroxylation sites is 1. The summed E-state index contributed by atoms with van der Waals surface area (Å²) in [6, 6.07) is 9.29. The summed E-state index contributed by atoms with van der Waals surface area (Å²) in [4.78, 5) is 15.4. The molecule has 0 aliphatic carbocycles. The van der Waals surface area contributed by atoms with Gasteiger partial charge < -0.3 is 15.6 Å². The highest BCUT2D eigenvalue weighted by Crippen LogP contribution is 2.05. The fourth-order valence-corrected chi connectivity index (χ4v) is 1.35. The number of benzene rings is 1. The zero-order valence-corrected chi connectivity index (χ0v) is 8.63. The van der Waals surface area contributed by atoms with Crippen LogP contribution in [0.5, 0.6) is 0 Å². The SMILES string of the molecule is Nc1cn(CC(=O)Nc2ccccc2)cn1. The first kappa shape index (κ1) is 10.2. The van der Waals surface area contributed by atoms with E-state index in [0.29, 0.717) is 5.82 Å². The van der Waals surface area contributed by atoms with Crippen LogP contribution in [0.2, 0.25) is 0 Å². The Balaban J connectivity index is 1.95. The number of aromatic nitrogens is 2. The van der Waals surface area contributed by atoms with Crippen molar-refractivity contribution in [2.75, 3.05) is 11.1 Å². The molecule has 0 saturated heterocycles. The third-order valence-corrected chi connectivity index (χ3v) is 2.04. The van der Waals surface area contributed by atoms with Crippen molar-refractivity contribution in [1.82, 2.24) is 9.55 Å². The highest BCUT2D eigenvalue weighted by molar-refractivity contribution is 5.90. The fraction of sp³-hybridized carbons (Fsp3) is 0.0909. The van der Waals surface area contributed by atoms with E-state index in [2.05, 4.69) is 10.3 Å². The predicted octanol–water partition coefficient (Wildman–Crippen LogP) is 1.10. The summed E-state index contributed by atoms with van der Waals surface area (Å²) in [6.45, 7) is 0.207. The van der Waals surface area contributed by atoms with Crippen LogP contribution in [0.15, 0.2) is 42.9 Å². The number of hydrogen-bond donors (Lipinski definition) is 2. The van der Waals surface area contributed by atoms with Crippen molar-refractivity contribution in [3.63, 3.8) is 0 Å². The van der Waals surface area contributed by atoms with Crippen molar-refractivity contribution in [2.45, 2.75) is 6.54 Å². The van der Waals surface area contributed by atoms with E-state index < -0.39 is 0 Å². The normalized spacial score (nSPS) is 10.0. The van der Waals surface area contributed by atoms with Crippen LogP contribution in [-0.2, 0) is 11.3 Å². The molecule has 0 saturated carbocycles. The number of rotatable bonds is 3. The maximum atomic E-state index is 11.6. The summed E-state index contributed by atoms with van der Waals surface area (Å²) in [6.07, 6.45) is 3.14. The van der Waals surface area contributed by atoms with Gasteiger partial charge >= 0.3 is 0 Å². The van der Waals surface area contributed by atoms with Crippen molar-refractivity contribution in [1.29, 1.82) is 0 Å². The second kappa shape index (κ2) is 4.48. The highest BCUT2D eigenvalue weighted by Gasteiger charge is 2.03. The fourth-order valence-electron chi connectivity index (χ4n) is 1.35. The molecule has 1 aromatic carbocycles. The molecule has 5 heteroatoms. The molecular formula is C11H12N4O. The Morgan fingerprint density at radius 1 is 1.38 bits per heavy atom. The Morgan fingerprint density at radius 2 is 2.12 bits per heavy atom. The first-order valence-electron chi connectivity index (χ1n) is 4.86. The number of nitrogen functional groups attached to an aromatic ring is 1. The molecule has 2 rings (SSSR count). The Morgan fingerprint density at radius 3 is 2.75 bits per heavy atom. The Kier molecular flexibility index (Phi) is 2.86. The minimum Gasteiger partial charge on any atom is -0.382 e. The van der Waals surface area contributed by atoms with Crippen molar-refractivity contribution < 1.29 is 4.79 Å². The van der Waals surface area contributed by atoms with Gasteiger partial charge in [0.1, 0.15) is 12.4 Å². The van der Waals surface area contributed by atoms with E-state index in [1.54, 1.807) is 10.8 Å². The van der Waals surface area contributed by atoms with Crippen molar-refractivity contribution in [3.8, 4) is 0 Å². The zero-order chi connectivity index (χ0) is 11.4. The van der Waals surface area contributed by atoms with E-state index in [-0.39, 0.29) is 12.5 Å². The third kappa shape index (κ3) is 2.60. The van der Waals surface area contributed by atoms with E-state index >= 15 is 0 Å². The van der Waals surface area contributed by atoms with E-state index in [9.17, 15) is 4.79 Å². The number of nitrogens with zero attached hydrogens (tertiary/aromatic N) is 2. The number of nitrogens with two attached hydrogens (primary N) is 1. The van der Waals surface area contributed by atoms with Gasteiger partial charge in [-0.25, -0.2) is 4.98 Å². The van der Waals surface area contributed by atoms with Crippen LogP contribution in [-0.4, -0.2) is 15.5 Å². The Bertz CT molecular complexity index is 478. The maximum Gasteiger partial charge on any atom is 0.244 e. The lowest BCUT2D eigenvalue weighted by molar-refractivity contribution is -0.116. The third-order valence-electron chi connectivity index (χ3n) is 2.04. The van der Waals surface area contributed by atoms with Gasteiger partial charge in [0.05, 0.1) is 6.33 Å². The topological polar surface area (TPSA) is 72.9 Å². The average molecular weight is 216 g/mol. The molecule has 0 bridgehead atoms. The molecular weight excluding hydrogens is 204 g/mol. The first-order valence-corrected chi connectivity index (χ1v) is 4.86. The lowest BCUT2D eigenvalue weighted by Gasteiger charge is -2.04. The van der Waals surface area contributed by atoms with Gasteiger partial charge in [0.2, 0.25) is 5.91 Å². The molecule has 0 radical (unpaired) electrons. The van der Waals surface area contributed by atoms with E-state index in [1.807, 2.05) is 30.3 Å². The number of amides is 1. The number of nitrogens with one attached hydrogen (secondary N) is 1. The van der Waals surface area contributed by atoms with Crippen LogP contribution in [0.25, 0.3) is 0 Å². The predicted molar refractivity (Wildman–Crippen MR) is 61.7 cm³/mol. The molecule has 1 aromatic heterocycles. The molecule has 16 heavy (non-hydrogen) atoms. The molecule has 1 amide bonds. The number of imidazole rings is 1. The summed E-state index contributed by atoms with van der Waals surface area (Å²) >= 11 is 0. The highest BCUT2D eigenvalue weighted by atomic mass is 16.1. The van der Waals surface area contributed by atoms with Gasteiger partial charge in [0.15, 0.2) is 0 Å². The maximum absolute atomic E-state index is 11.6. The van der Waals surface area contributed by atoms with Crippen LogP contribution in [0.3, 0.4) is 0 Å². The average Bonchev–Trinajstić information content (AvgIpc) is 2.65. The minimum atomic E-state index is -0.108. The molecule has 2 aromatic rings. The summed E-state index contributed by atoms with van der Waals surface area (Å²) in [5.41, 5.74) is 6.22. The molecule has 0 spiro atoms. The lowest BCUT2D eigenvalue weighted by Crippen LogP contribution is -2.17. The van der Waals surface area contributed by atoms with Crippen molar-refractivity contribution in [2.24, 2.45) is 0 Å². The largest absolute Gasteiger partial charge is 0.382 e. The van der Waals surface area contributed by atoms with Crippen LogP contribution in [0.4, 0.5) is 11.5 Å². The minimum absolute atomic E-state index is 0.108. The smallest absolute Gasteiger partial charge is 0.244 e. The monoisotopic (exact) mass is 216 g/mol. The van der Waals surface area contributed by atoms with Gasteiger partial charge in [-0.1, -0.05) is 18.2 Å². The van der Waals surface area contributed by atoms with Crippen molar-refractivity contribution >= 4 is 17.4 Å². The Hall–Kier alpha value is -2.30. The molecule has 0 aliphatic heterocycles. The second-order valence-electron chi connectivity index (χ2n) is 3.39. The number of carbonyl (C=O) groups is 1. The number of carbonyl (C=O) groups excluding carboxylic acids is 1. The van der Waals surface area contributed by atoms with E-state index in [0.717, 1.165) is 5.69 Å². The Labute approximate surface area is 92.9 Å². The number of hydrogen-bond acceptors (Lipinski definition) is 3. The van der Waals surface area contributed by atoms with Crippen LogP contribution in [0.1, 0.15) is 0 Å².